The van der Waals surface area contributed by atoms with Crippen LogP contribution in [-0.4, -0.2) is 25.6 Å². The van der Waals surface area contributed by atoms with E-state index in [0.717, 1.165) is 12.8 Å². The van der Waals surface area contributed by atoms with Crippen LogP contribution in [0.2, 0.25) is 5.02 Å². The van der Waals surface area contributed by atoms with Gasteiger partial charge in [-0.25, -0.2) is 9.07 Å². The number of benzene rings is 2. The Morgan fingerprint density at radius 2 is 2.03 bits per heavy atom. The SMILES string of the molecule is [2H]C(Nc1cc(Cl)c2ncc(C#N)c(NOC(C)(C)C)c2c1)(c1ccc(F)cc1)c1cn(C2CC2)nn1. The number of pyridine rings is 1. The smallest absolute Gasteiger partial charge is 0.123 e. The fraction of sp³-hybridized carbons (Fsp3) is 0.308. The Morgan fingerprint density at radius 3 is 2.69 bits per heavy atom. The number of aromatic nitrogens is 4. The first kappa shape index (κ1) is 22.7. The maximum absolute atomic E-state index is 13.7. The summed E-state index contributed by atoms with van der Waals surface area (Å²) in [6.45, 7) is 5.63. The van der Waals surface area contributed by atoms with E-state index >= 15 is 0 Å². The fourth-order valence-electron chi connectivity index (χ4n) is 3.68. The molecule has 8 nitrogen and oxygen atoms in total. The molecular formula is C26H25ClFN7O. The number of halogens is 2. The van der Waals surface area contributed by atoms with Gasteiger partial charge in [0.1, 0.15) is 17.6 Å². The molecule has 1 unspecified atom stereocenters. The van der Waals surface area contributed by atoms with Crippen LogP contribution in [0.5, 0.6) is 0 Å². The molecule has 2 heterocycles. The number of anilines is 2. The standard InChI is InChI=1S/C26H25ClFN7O/c1-26(2,3)36-33-23-16(12-29)13-30-25-20(23)10-18(11-21(25)27)31-24(15-4-6-17(28)7-5-15)22-14-35(34-32-22)19-8-9-19/h4-7,10-11,13-14,19,24,31H,8-9H2,1-3H3,(H,30,33)/i24D. The Balaban J connectivity index is 1.62. The molecule has 0 aliphatic heterocycles. The zero-order chi connectivity index (χ0) is 26.4. The van der Waals surface area contributed by atoms with E-state index in [0.29, 0.717) is 38.6 Å². The minimum Gasteiger partial charge on any atom is -0.373 e. The van der Waals surface area contributed by atoms with E-state index in [1.807, 2.05) is 20.8 Å². The fourth-order valence-corrected chi connectivity index (χ4v) is 3.95. The summed E-state index contributed by atoms with van der Waals surface area (Å²) in [6.07, 6.45) is 5.19. The van der Waals surface area contributed by atoms with Gasteiger partial charge in [0.05, 0.1) is 47.0 Å². The molecule has 2 aromatic heterocycles. The molecule has 1 fully saturated rings. The van der Waals surface area contributed by atoms with Gasteiger partial charge in [0.2, 0.25) is 0 Å². The van der Waals surface area contributed by atoms with Crippen LogP contribution < -0.4 is 10.8 Å². The predicted octanol–water partition coefficient (Wildman–Crippen LogP) is 6.17. The number of nitrogens with zero attached hydrogens (tertiary/aromatic N) is 5. The molecule has 0 amide bonds. The quantitative estimate of drug-likeness (QED) is 0.289. The second kappa shape index (κ2) is 9.37. The second-order valence-corrected chi connectivity index (χ2v) is 10.1. The van der Waals surface area contributed by atoms with E-state index in [9.17, 15) is 11.0 Å². The second-order valence-electron chi connectivity index (χ2n) is 9.65. The molecule has 0 bridgehead atoms. The molecule has 184 valence electrons. The van der Waals surface area contributed by atoms with Crippen LogP contribution in [-0.2, 0) is 4.84 Å². The molecule has 1 aliphatic carbocycles. The molecule has 0 radical (unpaired) electrons. The van der Waals surface area contributed by atoms with Crippen molar-refractivity contribution in [2.24, 2.45) is 0 Å². The molecule has 10 heteroatoms. The lowest BCUT2D eigenvalue weighted by Gasteiger charge is -2.22. The largest absolute Gasteiger partial charge is 0.373 e. The van der Waals surface area contributed by atoms with E-state index in [-0.39, 0.29) is 11.6 Å². The molecule has 0 saturated heterocycles. The Kier molecular flexibility index (Phi) is 5.91. The molecule has 1 aliphatic rings. The van der Waals surface area contributed by atoms with E-state index in [4.69, 9.17) is 16.4 Å². The highest BCUT2D eigenvalue weighted by Crippen LogP contribution is 2.37. The van der Waals surface area contributed by atoms with Crippen molar-refractivity contribution >= 4 is 33.9 Å². The maximum Gasteiger partial charge on any atom is 0.123 e. The van der Waals surface area contributed by atoms with Crippen LogP contribution in [0.1, 0.15) is 63.9 Å². The van der Waals surface area contributed by atoms with Gasteiger partial charge >= 0.3 is 0 Å². The zero-order valence-electron chi connectivity index (χ0n) is 21.0. The van der Waals surface area contributed by atoms with Crippen LogP contribution in [0.4, 0.5) is 15.8 Å². The van der Waals surface area contributed by atoms with Crippen LogP contribution in [0.15, 0.2) is 48.8 Å². The third-order valence-electron chi connectivity index (χ3n) is 5.59. The third kappa shape index (κ3) is 5.10. The maximum atomic E-state index is 13.7. The van der Waals surface area contributed by atoms with Crippen LogP contribution in [0.3, 0.4) is 0 Å². The van der Waals surface area contributed by atoms with Crippen molar-refractivity contribution in [3.8, 4) is 6.07 Å². The minimum absolute atomic E-state index is 0.271. The topological polar surface area (TPSA) is 101 Å². The Bertz CT molecular complexity index is 1510. The highest BCUT2D eigenvalue weighted by molar-refractivity contribution is 6.35. The average molecular weight is 507 g/mol. The van der Waals surface area contributed by atoms with Gasteiger partial charge in [-0.1, -0.05) is 28.9 Å². The molecule has 0 spiro atoms. The molecule has 2 N–H and O–H groups in total. The molecule has 1 saturated carbocycles. The highest BCUT2D eigenvalue weighted by atomic mass is 35.5. The summed E-state index contributed by atoms with van der Waals surface area (Å²) >= 11 is 6.62. The summed E-state index contributed by atoms with van der Waals surface area (Å²) in [5.41, 5.74) is 4.78. The van der Waals surface area contributed by atoms with Gasteiger partial charge in [0.15, 0.2) is 0 Å². The summed E-state index contributed by atoms with van der Waals surface area (Å²) in [7, 11) is 0. The average Bonchev–Trinajstić information content (AvgIpc) is 3.58. The van der Waals surface area contributed by atoms with Gasteiger partial charge in [-0.15, -0.1) is 5.10 Å². The van der Waals surface area contributed by atoms with Crippen LogP contribution in [0, 0.1) is 17.1 Å². The van der Waals surface area contributed by atoms with Crippen molar-refractivity contribution in [2.75, 3.05) is 10.8 Å². The van der Waals surface area contributed by atoms with Crippen molar-refractivity contribution in [3.63, 3.8) is 0 Å². The van der Waals surface area contributed by atoms with Crippen LogP contribution >= 0.6 is 11.6 Å². The number of nitrogens with one attached hydrogen (secondary N) is 2. The third-order valence-corrected chi connectivity index (χ3v) is 5.88. The number of rotatable bonds is 7. The first-order chi connectivity index (χ1) is 17.6. The number of hydrogen-bond donors (Lipinski definition) is 2. The highest BCUT2D eigenvalue weighted by Gasteiger charge is 2.27. The van der Waals surface area contributed by atoms with E-state index in [2.05, 4.69) is 32.2 Å². The van der Waals surface area contributed by atoms with E-state index < -0.39 is 17.4 Å². The van der Waals surface area contributed by atoms with Gasteiger partial charge in [-0.3, -0.25) is 15.3 Å². The number of hydrogen-bond acceptors (Lipinski definition) is 7. The molecule has 36 heavy (non-hydrogen) atoms. The lowest BCUT2D eigenvalue weighted by Crippen LogP contribution is -2.23. The van der Waals surface area contributed by atoms with Crippen molar-refractivity contribution in [1.82, 2.24) is 20.0 Å². The molecule has 5 rings (SSSR count). The lowest BCUT2D eigenvalue weighted by atomic mass is 10.0. The first-order valence-corrected chi connectivity index (χ1v) is 11.9. The van der Waals surface area contributed by atoms with Crippen LogP contribution in [0.25, 0.3) is 10.9 Å². The van der Waals surface area contributed by atoms with Crippen molar-refractivity contribution in [1.29, 1.82) is 5.26 Å². The predicted molar refractivity (Wildman–Crippen MR) is 136 cm³/mol. The van der Waals surface area contributed by atoms with Crippen molar-refractivity contribution < 1.29 is 10.6 Å². The van der Waals surface area contributed by atoms with E-state index in [1.54, 1.807) is 23.0 Å². The van der Waals surface area contributed by atoms with Gasteiger partial charge in [0, 0.05) is 17.3 Å². The van der Waals surface area contributed by atoms with Gasteiger partial charge in [0.25, 0.3) is 0 Å². The normalized spacial score (nSPS) is 15.7. The monoisotopic (exact) mass is 506 g/mol. The number of fused-ring (bicyclic) bond motifs is 1. The summed E-state index contributed by atoms with van der Waals surface area (Å²) in [4.78, 5) is 10.1. The molecular weight excluding hydrogens is 481 g/mol. The van der Waals surface area contributed by atoms with Gasteiger partial charge in [-0.2, -0.15) is 5.26 Å². The van der Waals surface area contributed by atoms with Crippen molar-refractivity contribution in [2.45, 2.75) is 51.3 Å². The van der Waals surface area contributed by atoms with Gasteiger partial charge < -0.3 is 5.32 Å². The Labute approximate surface area is 214 Å². The van der Waals surface area contributed by atoms with Gasteiger partial charge in [-0.05, 0) is 63.4 Å². The lowest BCUT2D eigenvalue weighted by molar-refractivity contribution is 0.0377. The summed E-state index contributed by atoms with van der Waals surface area (Å²) in [6, 6.07) is 9.84. The summed E-state index contributed by atoms with van der Waals surface area (Å²) in [5.74, 6) is -0.411. The summed E-state index contributed by atoms with van der Waals surface area (Å²) in [5, 5.41) is 22.2. The van der Waals surface area contributed by atoms with E-state index in [1.165, 1.54) is 30.5 Å². The summed E-state index contributed by atoms with van der Waals surface area (Å²) < 4.78 is 25.0. The van der Waals surface area contributed by atoms with Crippen molar-refractivity contribution in [3.05, 3.63) is 76.5 Å². The first-order valence-electron chi connectivity index (χ1n) is 12.0. The Morgan fingerprint density at radius 1 is 1.28 bits per heavy atom. The molecule has 2 aromatic carbocycles. The number of nitriles is 1. The molecule has 1 atom stereocenters. The molecule has 4 aromatic rings. The zero-order valence-corrected chi connectivity index (χ0v) is 20.8. The minimum atomic E-state index is -1.62. The Hall–Kier alpha value is -3.74.